The van der Waals surface area contributed by atoms with Gasteiger partial charge in [-0.1, -0.05) is 11.6 Å². The number of aromatic nitrogens is 2. The molecular weight excluding hydrogens is 238 g/mol. The highest BCUT2D eigenvalue weighted by Crippen LogP contribution is 2.30. The van der Waals surface area contributed by atoms with Gasteiger partial charge >= 0.3 is 0 Å². The van der Waals surface area contributed by atoms with E-state index in [1.807, 2.05) is 13.0 Å². The zero-order chi connectivity index (χ0) is 12.4. The molecule has 2 rings (SSSR count). The molecule has 1 aromatic heterocycles. The lowest BCUT2D eigenvalue weighted by molar-refractivity contribution is 0.416. The van der Waals surface area contributed by atoms with Crippen LogP contribution >= 0.6 is 11.6 Å². The number of nitrogens with zero attached hydrogens (tertiary/aromatic N) is 2. The molecule has 1 heterocycles. The summed E-state index contributed by atoms with van der Waals surface area (Å²) in [7, 11) is 1.58. The summed E-state index contributed by atoms with van der Waals surface area (Å²) in [5.74, 6) is 1.62. The Hall–Kier alpha value is -1.81. The van der Waals surface area contributed by atoms with E-state index in [9.17, 15) is 0 Å². The van der Waals surface area contributed by atoms with Crippen molar-refractivity contribution in [2.75, 3.05) is 12.8 Å². The zero-order valence-corrected chi connectivity index (χ0v) is 10.3. The van der Waals surface area contributed by atoms with Crippen LogP contribution in [0.15, 0.2) is 24.4 Å². The van der Waals surface area contributed by atoms with Crippen LogP contribution in [0.5, 0.6) is 5.75 Å². The van der Waals surface area contributed by atoms with Crippen molar-refractivity contribution in [3.63, 3.8) is 0 Å². The Kier molecular flexibility index (Phi) is 3.15. The minimum Gasteiger partial charge on any atom is -0.496 e. The second-order valence-electron chi connectivity index (χ2n) is 3.61. The molecule has 0 bridgehead atoms. The highest BCUT2D eigenvalue weighted by Gasteiger charge is 2.10. The van der Waals surface area contributed by atoms with Crippen LogP contribution in [-0.2, 0) is 0 Å². The fraction of sp³-hybridized carbons (Fsp3) is 0.167. The molecule has 0 aliphatic carbocycles. The monoisotopic (exact) mass is 249 g/mol. The van der Waals surface area contributed by atoms with Gasteiger partial charge in [0, 0.05) is 16.8 Å². The number of hydrogen-bond donors (Lipinski definition) is 1. The molecule has 5 heteroatoms. The first-order valence-corrected chi connectivity index (χ1v) is 5.42. The van der Waals surface area contributed by atoms with Crippen LogP contribution in [0.1, 0.15) is 5.56 Å². The van der Waals surface area contributed by atoms with Crippen LogP contribution in [0.3, 0.4) is 0 Å². The van der Waals surface area contributed by atoms with Crippen LogP contribution in [0.4, 0.5) is 5.82 Å². The highest BCUT2D eigenvalue weighted by molar-refractivity contribution is 6.30. The van der Waals surface area contributed by atoms with Gasteiger partial charge in [0.25, 0.3) is 0 Å². The van der Waals surface area contributed by atoms with Gasteiger partial charge in [-0.15, -0.1) is 0 Å². The number of rotatable bonds is 2. The van der Waals surface area contributed by atoms with Gasteiger partial charge in [0.2, 0.25) is 0 Å². The predicted octanol–water partition coefficient (Wildman–Crippen LogP) is 2.70. The van der Waals surface area contributed by atoms with Gasteiger partial charge in [-0.25, -0.2) is 9.97 Å². The molecule has 2 aromatic rings. The van der Waals surface area contributed by atoms with Crippen LogP contribution in [0.2, 0.25) is 5.02 Å². The third kappa shape index (κ3) is 2.31. The van der Waals surface area contributed by atoms with Gasteiger partial charge in [-0.2, -0.15) is 0 Å². The molecule has 0 unspecified atom stereocenters. The van der Waals surface area contributed by atoms with Crippen LogP contribution in [0.25, 0.3) is 11.4 Å². The molecule has 0 amide bonds. The molecule has 17 heavy (non-hydrogen) atoms. The molecule has 0 aliphatic rings. The van der Waals surface area contributed by atoms with Gasteiger partial charge in [0.1, 0.15) is 11.6 Å². The average molecular weight is 250 g/mol. The first-order valence-electron chi connectivity index (χ1n) is 5.05. The second kappa shape index (κ2) is 4.59. The molecule has 4 nitrogen and oxygen atoms in total. The summed E-state index contributed by atoms with van der Waals surface area (Å²) in [5, 5.41) is 0.602. The molecule has 0 aliphatic heterocycles. The maximum absolute atomic E-state index is 5.89. The fourth-order valence-corrected chi connectivity index (χ4v) is 1.60. The number of aryl methyl sites for hydroxylation is 1. The standard InChI is InChI=1S/C12H12ClN3O/c1-7-6-15-12(16-11(7)14)9-4-3-8(13)5-10(9)17-2/h3-6H,1-2H3,(H2,14,15,16). The van der Waals surface area contributed by atoms with Crippen molar-refractivity contribution in [1.29, 1.82) is 0 Å². The summed E-state index contributed by atoms with van der Waals surface area (Å²) in [6.45, 7) is 1.86. The number of hydrogen-bond acceptors (Lipinski definition) is 4. The van der Waals surface area contributed by atoms with Gasteiger partial charge in [-0.3, -0.25) is 0 Å². The van der Waals surface area contributed by atoms with Gasteiger partial charge in [-0.05, 0) is 25.1 Å². The Bertz CT molecular complexity index is 557. The van der Waals surface area contributed by atoms with E-state index in [0.29, 0.717) is 22.4 Å². The molecule has 0 spiro atoms. The van der Waals surface area contributed by atoms with Gasteiger partial charge in [0.15, 0.2) is 5.82 Å². The minimum absolute atomic E-state index is 0.465. The largest absolute Gasteiger partial charge is 0.496 e. The summed E-state index contributed by atoms with van der Waals surface area (Å²) in [6, 6.07) is 5.29. The molecule has 0 fully saturated rings. The first-order chi connectivity index (χ1) is 8.11. The molecule has 88 valence electrons. The predicted molar refractivity (Wildman–Crippen MR) is 68.2 cm³/mol. The zero-order valence-electron chi connectivity index (χ0n) is 9.57. The van der Waals surface area contributed by atoms with E-state index >= 15 is 0 Å². The third-order valence-corrected chi connectivity index (χ3v) is 2.65. The number of benzene rings is 1. The van der Waals surface area contributed by atoms with E-state index < -0.39 is 0 Å². The number of nitrogens with two attached hydrogens (primary N) is 1. The summed E-state index contributed by atoms with van der Waals surface area (Å²) < 4.78 is 5.25. The minimum atomic E-state index is 0.465. The maximum atomic E-state index is 5.89. The topological polar surface area (TPSA) is 61.0 Å². The van der Waals surface area contributed by atoms with Crippen molar-refractivity contribution in [3.8, 4) is 17.1 Å². The molecule has 1 aromatic carbocycles. The molecule has 0 atom stereocenters. The SMILES string of the molecule is COc1cc(Cl)ccc1-c1ncc(C)c(N)n1. The van der Waals surface area contributed by atoms with Gasteiger partial charge < -0.3 is 10.5 Å². The van der Waals surface area contributed by atoms with E-state index in [1.54, 1.807) is 25.4 Å². The van der Waals surface area contributed by atoms with E-state index in [0.717, 1.165) is 11.1 Å². The van der Waals surface area contributed by atoms with Gasteiger partial charge in [0.05, 0.1) is 12.7 Å². The van der Waals surface area contributed by atoms with Crippen LogP contribution < -0.4 is 10.5 Å². The Labute approximate surface area is 104 Å². The average Bonchev–Trinajstić information content (AvgIpc) is 2.32. The summed E-state index contributed by atoms with van der Waals surface area (Å²) in [4.78, 5) is 8.46. The van der Waals surface area contributed by atoms with Crippen molar-refractivity contribution in [3.05, 3.63) is 35.0 Å². The summed E-state index contributed by atoms with van der Waals surface area (Å²) in [5.41, 5.74) is 7.38. The van der Waals surface area contributed by atoms with E-state index in [4.69, 9.17) is 22.1 Å². The van der Waals surface area contributed by atoms with E-state index in [1.165, 1.54) is 0 Å². The Morgan fingerprint density at radius 1 is 1.35 bits per heavy atom. The lowest BCUT2D eigenvalue weighted by atomic mass is 10.2. The van der Waals surface area contributed by atoms with E-state index in [2.05, 4.69) is 9.97 Å². The number of anilines is 1. The van der Waals surface area contributed by atoms with Crippen molar-refractivity contribution < 1.29 is 4.74 Å². The second-order valence-corrected chi connectivity index (χ2v) is 4.04. The lowest BCUT2D eigenvalue weighted by Crippen LogP contribution is -1.99. The molecule has 0 saturated heterocycles. The van der Waals surface area contributed by atoms with Crippen molar-refractivity contribution in [1.82, 2.24) is 9.97 Å². The van der Waals surface area contributed by atoms with Crippen molar-refractivity contribution in [2.45, 2.75) is 6.92 Å². The maximum Gasteiger partial charge on any atom is 0.165 e. The lowest BCUT2D eigenvalue weighted by Gasteiger charge is -2.08. The van der Waals surface area contributed by atoms with Crippen molar-refractivity contribution >= 4 is 17.4 Å². The Morgan fingerprint density at radius 2 is 2.12 bits per heavy atom. The number of ether oxygens (including phenoxy) is 1. The number of methoxy groups -OCH3 is 1. The van der Waals surface area contributed by atoms with Crippen LogP contribution in [0, 0.1) is 6.92 Å². The molecule has 0 radical (unpaired) electrons. The summed E-state index contributed by atoms with van der Waals surface area (Å²) in [6.07, 6.45) is 1.69. The van der Waals surface area contributed by atoms with E-state index in [-0.39, 0.29) is 0 Å². The summed E-state index contributed by atoms with van der Waals surface area (Å²) >= 11 is 5.89. The van der Waals surface area contributed by atoms with Crippen LogP contribution in [-0.4, -0.2) is 17.1 Å². The van der Waals surface area contributed by atoms with Crippen molar-refractivity contribution in [2.24, 2.45) is 0 Å². The number of nitrogen functional groups attached to an aromatic ring is 1. The molecular formula is C12H12ClN3O. The highest BCUT2D eigenvalue weighted by atomic mass is 35.5. The molecule has 2 N–H and O–H groups in total. The smallest absolute Gasteiger partial charge is 0.165 e. The Balaban J connectivity index is 2.55. The molecule has 0 saturated carbocycles. The number of halogens is 1. The Morgan fingerprint density at radius 3 is 2.76 bits per heavy atom. The fourth-order valence-electron chi connectivity index (χ4n) is 1.43. The quantitative estimate of drug-likeness (QED) is 0.889. The first kappa shape index (κ1) is 11.7. The normalized spacial score (nSPS) is 10.3. The third-order valence-electron chi connectivity index (χ3n) is 2.42.